The first kappa shape index (κ1) is 17.8. The third-order valence-electron chi connectivity index (χ3n) is 2.77. The molecule has 0 fully saturated rings. The lowest BCUT2D eigenvalue weighted by atomic mass is 10.3. The van der Waals surface area contributed by atoms with Crippen molar-refractivity contribution in [2.24, 2.45) is 0 Å². The van der Waals surface area contributed by atoms with Gasteiger partial charge in [-0.15, -0.1) is 13.2 Å². The van der Waals surface area contributed by atoms with Crippen molar-refractivity contribution in [3.05, 3.63) is 46.7 Å². The number of carbonyl (C=O) groups is 2. The fourth-order valence-corrected chi connectivity index (χ4v) is 2.42. The topological polar surface area (TPSA) is 67.4 Å². The van der Waals surface area contributed by atoms with Gasteiger partial charge in [0.2, 0.25) is 5.91 Å². The monoisotopic (exact) mass is 358 g/mol. The van der Waals surface area contributed by atoms with Crippen LogP contribution in [0, 0.1) is 0 Å². The van der Waals surface area contributed by atoms with Crippen molar-refractivity contribution in [1.29, 1.82) is 0 Å². The number of amides is 2. The summed E-state index contributed by atoms with van der Waals surface area (Å²) in [7, 11) is 0. The minimum atomic E-state index is -4.80. The summed E-state index contributed by atoms with van der Waals surface area (Å²) in [4.78, 5) is 23.4. The van der Waals surface area contributed by atoms with E-state index in [9.17, 15) is 22.8 Å². The zero-order chi connectivity index (χ0) is 17.6. The van der Waals surface area contributed by atoms with E-state index in [1.165, 1.54) is 23.5 Å². The average molecular weight is 358 g/mol. The third kappa shape index (κ3) is 5.92. The largest absolute Gasteiger partial charge is 0.573 e. The number of thiophene rings is 1. The fourth-order valence-electron chi connectivity index (χ4n) is 1.78. The minimum absolute atomic E-state index is 0.0137. The van der Waals surface area contributed by atoms with Gasteiger partial charge < -0.3 is 15.4 Å². The van der Waals surface area contributed by atoms with Gasteiger partial charge in [-0.2, -0.15) is 11.3 Å². The maximum atomic E-state index is 12.1. The lowest BCUT2D eigenvalue weighted by Crippen LogP contribution is -2.27. The molecular weight excluding hydrogens is 345 g/mol. The number of benzene rings is 1. The molecule has 2 N–H and O–H groups in total. The van der Waals surface area contributed by atoms with Crippen LogP contribution in [0.25, 0.3) is 0 Å². The molecule has 1 aromatic heterocycles. The van der Waals surface area contributed by atoms with Crippen molar-refractivity contribution >= 4 is 28.8 Å². The molecule has 128 valence electrons. The number of nitrogens with one attached hydrogen (secondary N) is 2. The predicted molar refractivity (Wildman–Crippen MR) is 83.0 cm³/mol. The Balaban J connectivity index is 1.80. The number of hydrogen-bond donors (Lipinski definition) is 2. The zero-order valence-electron chi connectivity index (χ0n) is 12.2. The zero-order valence-corrected chi connectivity index (χ0v) is 13.0. The molecule has 0 aliphatic carbocycles. The fraction of sp³-hybridized carbons (Fsp3) is 0.200. The maximum absolute atomic E-state index is 12.1. The van der Waals surface area contributed by atoms with Crippen LogP contribution in [0.1, 0.15) is 16.8 Å². The molecule has 0 saturated heterocycles. The lowest BCUT2D eigenvalue weighted by molar-refractivity contribution is -0.274. The summed E-state index contributed by atoms with van der Waals surface area (Å²) in [6, 6.07) is 6.62. The predicted octanol–water partition coefficient (Wildman–Crippen LogP) is 3.41. The highest BCUT2D eigenvalue weighted by molar-refractivity contribution is 7.08. The molecule has 5 nitrogen and oxygen atoms in total. The molecule has 24 heavy (non-hydrogen) atoms. The molecule has 9 heteroatoms. The Bertz CT molecular complexity index is 702. The van der Waals surface area contributed by atoms with Crippen LogP contribution in [0.15, 0.2) is 41.1 Å². The number of carbonyl (C=O) groups excluding carboxylic acids is 2. The molecule has 2 amide bonds. The number of hydrogen-bond acceptors (Lipinski definition) is 4. The van der Waals surface area contributed by atoms with E-state index in [1.54, 1.807) is 16.8 Å². The van der Waals surface area contributed by atoms with Gasteiger partial charge in [-0.1, -0.05) is 6.07 Å². The van der Waals surface area contributed by atoms with Gasteiger partial charge >= 0.3 is 6.36 Å². The highest BCUT2D eigenvalue weighted by Crippen LogP contribution is 2.25. The van der Waals surface area contributed by atoms with E-state index >= 15 is 0 Å². The van der Waals surface area contributed by atoms with Gasteiger partial charge in [0.15, 0.2) is 0 Å². The molecule has 1 aromatic carbocycles. The summed E-state index contributed by atoms with van der Waals surface area (Å²) < 4.78 is 40.2. The third-order valence-corrected chi connectivity index (χ3v) is 3.46. The smallest absolute Gasteiger partial charge is 0.406 e. The highest BCUT2D eigenvalue weighted by atomic mass is 32.1. The Hall–Kier alpha value is -2.55. The number of anilines is 1. The second-order valence-electron chi connectivity index (χ2n) is 4.64. The maximum Gasteiger partial charge on any atom is 0.573 e. The SMILES string of the molecule is O=C(CCNC(=O)c1ccsc1)Nc1cccc(OC(F)(F)F)c1. The molecule has 0 saturated carbocycles. The average Bonchev–Trinajstić information content (AvgIpc) is 2.99. The van der Waals surface area contributed by atoms with Crippen molar-refractivity contribution < 1.29 is 27.5 Å². The van der Waals surface area contributed by atoms with Crippen molar-refractivity contribution in [3.8, 4) is 5.75 Å². The van der Waals surface area contributed by atoms with Crippen LogP contribution in [-0.4, -0.2) is 24.7 Å². The van der Waals surface area contributed by atoms with E-state index in [2.05, 4.69) is 15.4 Å². The first-order chi connectivity index (χ1) is 11.3. The van der Waals surface area contributed by atoms with Crippen molar-refractivity contribution in [2.45, 2.75) is 12.8 Å². The van der Waals surface area contributed by atoms with Gasteiger partial charge in [-0.3, -0.25) is 9.59 Å². The van der Waals surface area contributed by atoms with E-state index in [0.717, 1.165) is 12.1 Å². The molecular formula is C15H13F3N2O3S. The van der Waals surface area contributed by atoms with Crippen molar-refractivity contribution in [2.75, 3.05) is 11.9 Å². The number of ether oxygens (including phenoxy) is 1. The van der Waals surface area contributed by atoms with Crippen LogP contribution in [0.5, 0.6) is 5.75 Å². The van der Waals surface area contributed by atoms with Crippen LogP contribution < -0.4 is 15.4 Å². The van der Waals surface area contributed by atoms with Gasteiger partial charge in [0.1, 0.15) is 5.75 Å². The number of rotatable bonds is 6. The Labute approximate surface area is 139 Å². The van der Waals surface area contributed by atoms with E-state index < -0.39 is 18.0 Å². The second kappa shape index (κ2) is 7.82. The lowest BCUT2D eigenvalue weighted by Gasteiger charge is -2.11. The second-order valence-corrected chi connectivity index (χ2v) is 5.42. The summed E-state index contributed by atoms with van der Waals surface area (Å²) in [6.07, 6.45) is -4.81. The Kier molecular flexibility index (Phi) is 5.80. The molecule has 0 aliphatic rings. The van der Waals surface area contributed by atoms with Crippen LogP contribution in [0.2, 0.25) is 0 Å². The quantitative estimate of drug-likeness (QED) is 0.832. The molecule has 2 aromatic rings. The minimum Gasteiger partial charge on any atom is -0.406 e. The van der Waals surface area contributed by atoms with Crippen LogP contribution in [-0.2, 0) is 4.79 Å². The summed E-state index contributed by atoms with van der Waals surface area (Å²) in [5.74, 6) is -1.15. The van der Waals surface area contributed by atoms with Gasteiger partial charge in [-0.05, 0) is 23.6 Å². The Morgan fingerprint density at radius 3 is 2.67 bits per heavy atom. The van der Waals surface area contributed by atoms with Crippen LogP contribution >= 0.6 is 11.3 Å². The van der Waals surface area contributed by atoms with Gasteiger partial charge in [-0.25, -0.2) is 0 Å². The standard InChI is InChI=1S/C15H13F3N2O3S/c16-15(17,18)23-12-3-1-2-11(8-12)20-13(21)4-6-19-14(22)10-5-7-24-9-10/h1-3,5,7-9H,4,6H2,(H,19,22)(H,20,21). The van der Waals surface area contributed by atoms with E-state index in [-0.39, 0.29) is 24.6 Å². The Morgan fingerprint density at radius 1 is 1.21 bits per heavy atom. The molecule has 1 heterocycles. The molecule has 0 unspecified atom stereocenters. The molecule has 0 bridgehead atoms. The molecule has 2 rings (SSSR count). The summed E-state index contributed by atoms with van der Waals surface area (Å²) in [6.45, 7) is 0.110. The molecule has 0 spiro atoms. The Morgan fingerprint density at radius 2 is 2.00 bits per heavy atom. The van der Waals surface area contributed by atoms with Crippen molar-refractivity contribution in [3.63, 3.8) is 0 Å². The van der Waals surface area contributed by atoms with Gasteiger partial charge in [0, 0.05) is 35.7 Å². The molecule has 0 radical (unpaired) electrons. The van der Waals surface area contributed by atoms with Gasteiger partial charge in [0.05, 0.1) is 0 Å². The first-order valence-corrected chi connectivity index (χ1v) is 7.74. The summed E-state index contributed by atoms with van der Waals surface area (Å²) in [5.41, 5.74) is 0.684. The highest BCUT2D eigenvalue weighted by Gasteiger charge is 2.31. The van der Waals surface area contributed by atoms with Crippen molar-refractivity contribution in [1.82, 2.24) is 5.32 Å². The first-order valence-electron chi connectivity index (χ1n) is 6.79. The summed E-state index contributed by atoms with van der Waals surface area (Å²) >= 11 is 1.38. The normalized spacial score (nSPS) is 11.0. The van der Waals surface area contributed by atoms with E-state index in [1.807, 2.05) is 0 Å². The number of halogens is 3. The number of alkyl halides is 3. The van der Waals surface area contributed by atoms with E-state index in [4.69, 9.17) is 0 Å². The van der Waals surface area contributed by atoms with Crippen LogP contribution in [0.3, 0.4) is 0 Å². The molecule has 0 aliphatic heterocycles. The van der Waals surface area contributed by atoms with Crippen LogP contribution in [0.4, 0.5) is 18.9 Å². The molecule has 0 atom stereocenters. The summed E-state index contributed by atoms with van der Waals surface area (Å²) in [5, 5.41) is 8.46. The van der Waals surface area contributed by atoms with Gasteiger partial charge in [0.25, 0.3) is 5.91 Å². The van der Waals surface area contributed by atoms with E-state index in [0.29, 0.717) is 5.56 Å².